The summed E-state index contributed by atoms with van der Waals surface area (Å²) >= 11 is 0. The summed E-state index contributed by atoms with van der Waals surface area (Å²) in [6.07, 6.45) is 0. The summed E-state index contributed by atoms with van der Waals surface area (Å²) in [5.41, 5.74) is 0. The van der Waals surface area contributed by atoms with Crippen molar-refractivity contribution in [2.24, 2.45) is 0 Å². The van der Waals surface area contributed by atoms with Gasteiger partial charge in [0.15, 0.2) is 0 Å². The van der Waals surface area contributed by atoms with Crippen LogP contribution in [0.3, 0.4) is 0 Å². The third kappa shape index (κ3) is 6.48. The molecule has 0 amide bonds. The van der Waals surface area contributed by atoms with Gasteiger partial charge in [-0.25, -0.2) is 12.1 Å². The molecule has 0 saturated heterocycles. The van der Waals surface area contributed by atoms with Crippen LogP contribution >= 0.6 is 15.7 Å². The Balaban J connectivity index is 0.000000167. The maximum absolute atomic E-state index is 2.20. The molecule has 0 aliphatic rings. The Labute approximate surface area is 81.0 Å². The van der Waals surface area contributed by atoms with Crippen LogP contribution in [-0.2, 0) is 17.1 Å². The molecule has 0 aliphatic heterocycles. The molecule has 0 bridgehead atoms. The quantitative estimate of drug-likeness (QED) is 0.471. The van der Waals surface area contributed by atoms with Gasteiger partial charge in [0, 0.05) is 17.1 Å². The van der Waals surface area contributed by atoms with Crippen molar-refractivity contribution in [1.29, 1.82) is 0 Å². The second-order valence-electron chi connectivity index (χ2n) is 1.73. The Bertz CT molecular complexity index is 151. The van der Waals surface area contributed by atoms with Gasteiger partial charge in [0.2, 0.25) is 0 Å². The fourth-order valence-corrected chi connectivity index (χ4v) is 2.26. The van der Waals surface area contributed by atoms with Crippen molar-refractivity contribution in [2.45, 2.75) is 0 Å². The van der Waals surface area contributed by atoms with Crippen LogP contribution < -0.4 is 0 Å². The molecule has 1 aromatic carbocycles. The van der Waals surface area contributed by atoms with Gasteiger partial charge in [0.05, 0.1) is 0 Å². The van der Waals surface area contributed by atoms with Gasteiger partial charge in [0.1, 0.15) is 0 Å². The summed E-state index contributed by atoms with van der Waals surface area (Å²) in [5, 5.41) is 0. The molecule has 1 aromatic heterocycles. The molecule has 0 nitrogen and oxygen atoms in total. The van der Waals surface area contributed by atoms with Crippen molar-refractivity contribution in [3.8, 4) is 0 Å². The Morgan fingerprint density at radius 3 is 2.00 bits per heavy atom. The van der Waals surface area contributed by atoms with Crippen LogP contribution in [-0.4, -0.2) is 0 Å². The standard InChI is InChI=1S/C5H5.C3H4P2.Fe/c2*1-2-4-5-3-1;/h1-5H;1-4H;/q-1;;. The molecule has 1 unspecified atom stereocenters. The molecular formula is C8H9FeP2-. The van der Waals surface area contributed by atoms with E-state index in [0.29, 0.717) is 0 Å². The van der Waals surface area contributed by atoms with Gasteiger partial charge in [0.25, 0.3) is 0 Å². The Morgan fingerprint density at radius 1 is 1.09 bits per heavy atom. The molecule has 2 rings (SSSR count). The largest absolute Gasteiger partial charge is 0.214 e. The molecule has 0 N–H and O–H groups in total. The second kappa shape index (κ2) is 8.18. The molecule has 3 heteroatoms. The average Bonchev–Trinajstić information content (AvgIpc) is 2.67. The maximum atomic E-state index is 2.20. The van der Waals surface area contributed by atoms with Crippen molar-refractivity contribution < 1.29 is 17.1 Å². The summed E-state index contributed by atoms with van der Waals surface area (Å²) in [7, 11) is 2.53. The van der Waals surface area contributed by atoms with E-state index in [1.54, 1.807) is 0 Å². The van der Waals surface area contributed by atoms with Crippen LogP contribution in [0.2, 0.25) is 0 Å². The van der Waals surface area contributed by atoms with Crippen LogP contribution in [0, 0.1) is 0 Å². The van der Waals surface area contributed by atoms with Crippen LogP contribution in [0.15, 0.2) is 48.0 Å². The zero-order valence-corrected chi connectivity index (χ0v) is 8.92. The molecule has 2 aromatic rings. The first-order chi connectivity index (χ1) is 5.00. The Morgan fingerprint density at radius 2 is 1.82 bits per heavy atom. The van der Waals surface area contributed by atoms with Gasteiger partial charge in [-0.05, 0) is 11.6 Å². The molecule has 0 fully saturated rings. The molecule has 1 heterocycles. The Hall–Kier alpha value is 0.0795. The van der Waals surface area contributed by atoms with Crippen molar-refractivity contribution in [2.75, 3.05) is 0 Å². The number of rotatable bonds is 0. The van der Waals surface area contributed by atoms with E-state index in [9.17, 15) is 0 Å². The summed E-state index contributed by atoms with van der Waals surface area (Å²) in [6.45, 7) is 0. The minimum Gasteiger partial charge on any atom is -0.214 e. The molecule has 0 spiro atoms. The fourth-order valence-electron chi connectivity index (χ4n) is 0.536. The molecule has 0 radical (unpaired) electrons. The first-order valence-corrected chi connectivity index (χ1v) is 5.99. The van der Waals surface area contributed by atoms with E-state index in [0.717, 1.165) is 7.87 Å². The normalized spacial score (nSPS) is 8.73. The molecule has 60 valence electrons. The number of hydrogen-bond acceptors (Lipinski definition) is 0. The van der Waals surface area contributed by atoms with E-state index in [2.05, 4.69) is 17.7 Å². The molecule has 0 aliphatic carbocycles. The predicted octanol–water partition coefficient (Wildman–Crippen LogP) is 3.70. The monoisotopic (exact) mass is 223 g/mol. The summed E-state index contributed by atoms with van der Waals surface area (Å²) in [4.78, 5) is 0. The van der Waals surface area contributed by atoms with Crippen molar-refractivity contribution >= 4 is 15.7 Å². The third-order valence-corrected chi connectivity index (χ3v) is 3.11. The molecule has 0 saturated carbocycles. The first kappa shape index (κ1) is 11.1. The second-order valence-corrected chi connectivity index (χ2v) is 4.43. The zero-order valence-electron chi connectivity index (χ0n) is 5.92. The SMILES string of the molecule is [Fe].c1cc[cH-]c1.c1cp[pH]c1. The van der Waals surface area contributed by atoms with Crippen LogP contribution in [0.4, 0.5) is 0 Å². The predicted molar refractivity (Wildman–Crippen MR) is 50.5 cm³/mol. The van der Waals surface area contributed by atoms with Gasteiger partial charge in [-0.1, -0.05) is 13.9 Å². The average molecular weight is 223 g/mol. The maximum Gasteiger partial charge on any atom is 0 e. The van der Waals surface area contributed by atoms with Gasteiger partial charge < -0.3 is 0 Å². The molecular weight excluding hydrogens is 214 g/mol. The van der Waals surface area contributed by atoms with E-state index in [4.69, 9.17) is 0 Å². The summed E-state index contributed by atoms with van der Waals surface area (Å²) < 4.78 is 0. The van der Waals surface area contributed by atoms with E-state index in [-0.39, 0.29) is 17.1 Å². The van der Waals surface area contributed by atoms with Crippen LogP contribution in [0.5, 0.6) is 0 Å². The van der Waals surface area contributed by atoms with Crippen molar-refractivity contribution in [3.63, 3.8) is 0 Å². The van der Waals surface area contributed by atoms with E-state index >= 15 is 0 Å². The first-order valence-electron chi connectivity index (χ1n) is 3.10. The molecule has 11 heavy (non-hydrogen) atoms. The van der Waals surface area contributed by atoms with E-state index in [1.165, 1.54) is 7.87 Å². The van der Waals surface area contributed by atoms with Gasteiger partial charge >= 0.3 is 0 Å². The Kier molecular flexibility index (Phi) is 8.24. The van der Waals surface area contributed by atoms with Gasteiger partial charge in [-0.15, -0.1) is 7.87 Å². The van der Waals surface area contributed by atoms with E-state index in [1.807, 2.05) is 30.3 Å². The van der Waals surface area contributed by atoms with Gasteiger partial charge in [-0.2, -0.15) is 18.2 Å². The summed E-state index contributed by atoms with van der Waals surface area (Å²) in [5.74, 6) is 4.36. The molecule has 1 atom stereocenters. The topological polar surface area (TPSA) is 0 Å². The summed E-state index contributed by atoms with van der Waals surface area (Å²) in [6, 6.07) is 12.1. The minimum atomic E-state index is 0. The van der Waals surface area contributed by atoms with Crippen molar-refractivity contribution in [3.05, 3.63) is 48.0 Å². The minimum absolute atomic E-state index is 0. The van der Waals surface area contributed by atoms with E-state index < -0.39 is 0 Å². The zero-order chi connectivity index (χ0) is 7.07. The third-order valence-electron chi connectivity index (χ3n) is 0.961. The fraction of sp³-hybridized carbons (Fsp3) is 0. The number of hydrogen-bond donors (Lipinski definition) is 0. The van der Waals surface area contributed by atoms with Crippen LogP contribution in [0.25, 0.3) is 0 Å². The van der Waals surface area contributed by atoms with Gasteiger partial charge in [-0.3, -0.25) is 0 Å². The smallest absolute Gasteiger partial charge is 0 e. The van der Waals surface area contributed by atoms with Crippen molar-refractivity contribution in [1.82, 2.24) is 0 Å². The van der Waals surface area contributed by atoms with Crippen LogP contribution in [0.1, 0.15) is 0 Å².